The van der Waals surface area contributed by atoms with Gasteiger partial charge in [-0.05, 0) is 25.7 Å². The van der Waals surface area contributed by atoms with Gasteiger partial charge >= 0.3 is 11.9 Å². The first kappa shape index (κ1) is 26.1. The maximum Gasteiger partial charge on any atom is 0.330 e. The van der Waals surface area contributed by atoms with E-state index in [1.54, 1.807) is 13.2 Å². The second kappa shape index (κ2) is 14.2. The molecule has 0 radical (unpaired) electrons. The molecule has 0 aliphatic heterocycles. The van der Waals surface area contributed by atoms with E-state index in [0.717, 1.165) is 18.9 Å². The van der Waals surface area contributed by atoms with Crippen LogP contribution in [0.1, 0.15) is 53.9 Å². The van der Waals surface area contributed by atoms with Crippen molar-refractivity contribution in [2.24, 2.45) is 17.8 Å². The van der Waals surface area contributed by atoms with E-state index in [-0.39, 0.29) is 29.8 Å². The number of hydrogen-bond acceptors (Lipinski definition) is 5. The second-order valence-electron chi connectivity index (χ2n) is 7.21. The minimum absolute atomic E-state index is 0.0457. The van der Waals surface area contributed by atoms with Gasteiger partial charge in [-0.25, -0.2) is 4.79 Å². The Balaban J connectivity index is 5.62. The van der Waals surface area contributed by atoms with Crippen LogP contribution >= 0.6 is 0 Å². The number of allylic oxidation sites excluding steroid dienone is 2. The van der Waals surface area contributed by atoms with E-state index in [0.29, 0.717) is 6.42 Å². The summed E-state index contributed by atoms with van der Waals surface area (Å²) < 4.78 is 17.0. The van der Waals surface area contributed by atoms with E-state index >= 15 is 0 Å². The van der Waals surface area contributed by atoms with Crippen molar-refractivity contribution in [2.75, 3.05) is 7.11 Å². The molecule has 0 saturated carbocycles. The van der Waals surface area contributed by atoms with Crippen molar-refractivity contribution in [1.29, 1.82) is 0 Å². The highest BCUT2D eigenvalue weighted by atomic mass is 16.6. The molecule has 0 bridgehead atoms. The normalized spacial score (nSPS) is 17.8. The van der Waals surface area contributed by atoms with Crippen LogP contribution in [0.15, 0.2) is 37.5 Å². The Bertz CT molecular complexity index is 525. The summed E-state index contributed by atoms with van der Waals surface area (Å²) in [6.45, 7) is 16.8. The van der Waals surface area contributed by atoms with Crippen LogP contribution in [0, 0.1) is 17.8 Å². The van der Waals surface area contributed by atoms with Gasteiger partial charge in [0.15, 0.2) is 0 Å². The van der Waals surface area contributed by atoms with Gasteiger partial charge in [-0.3, -0.25) is 4.79 Å². The third-order valence-electron chi connectivity index (χ3n) is 5.15. The fourth-order valence-corrected chi connectivity index (χ4v) is 3.56. The maximum absolute atomic E-state index is 11.8. The summed E-state index contributed by atoms with van der Waals surface area (Å²) in [5.41, 5.74) is 0. The van der Waals surface area contributed by atoms with E-state index in [1.165, 1.54) is 6.92 Å². The van der Waals surface area contributed by atoms with Crippen molar-refractivity contribution >= 4 is 11.9 Å². The number of carbonyl (C=O) groups excluding carboxylic acids is 2. The van der Waals surface area contributed by atoms with Crippen LogP contribution in [-0.4, -0.2) is 37.4 Å². The summed E-state index contributed by atoms with van der Waals surface area (Å²) in [6.07, 6.45) is 8.01. The Morgan fingerprint density at radius 2 is 1.75 bits per heavy atom. The molecule has 5 nitrogen and oxygen atoms in total. The Kier molecular flexibility index (Phi) is 13.2. The maximum atomic E-state index is 11.8. The number of carbonyl (C=O) groups is 2. The topological polar surface area (TPSA) is 61.8 Å². The Hall–Kier alpha value is -1.88. The summed E-state index contributed by atoms with van der Waals surface area (Å²) in [5.74, 6) is -0.751. The highest BCUT2D eigenvalue weighted by Crippen LogP contribution is 2.29. The molecular weight excluding hydrogens is 356 g/mol. The first-order valence-corrected chi connectivity index (χ1v) is 10.0. The molecule has 0 amide bonds. The minimum atomic E-state index is -0.496. The second-order valence-corrected chi connectivity index (χ2v) is 7.21. The van der Waals surface area contributed by atoms with Crippen LogP contribution in [0.3, 0.4) is 0 Å². The zero-order valence-electron chi connectivity index (χ0n) is 18.4. The lowest BCUT2D eigenvalue weighted by Crippen LogP contribution is -2.41. The van der Waals surface area contributed by atoms with Gasteiger partial charge in [-0.15, -0.1) is 6.58 Å². The predicted octanol–water partition coefficient (Wildman–Crippen LogP) is 4.87. The minimum Gasteiger partial charge on any atom is -0.462 e. The SMILES string of the molecule is C=CC(=O)O[C@H](C[C@@H](OC(C)=O)[C@H](C)[C@H](OC)[C@@H](C)C/C=C/C)[C@@H](C=C)CC. The number of methoxy groups -OCH3 is 1. The van der Waals surface area contributed by atoms with Gasteiger partial charge in [0.05, 0.1) is 6.10 Å². The predicted molar refractivity (Wildman–Crippen MR) is 113 cm³/mol. The van der Waals surface area contributed by atoms with Gasteiger partial charge in [-0.2, -0.15) is 0 Å². The lowest BCUT2D eigenvalue weighted by atomic mass is 9.83. The van der Waals surface area contributed by atoms with Gasteiger partial charge in [0.1, 0.15) is 12.2 Å². The van der Waals surface area contributed by atoms with Gasteiger partial charge in [0, 0.05) is 38.4 Å². The molecule has 0 rings (SSSR count). The highest BCUT2D eigenvalue weighted by molar-refractivity contribution is 5.81. The van der Waals surface area contributed by atoms with Crippen molar-refractivity contribution in [2.45, 2.75) is 72.2 Å². The summed E-state index contributed by atoms with van der Waals surface area (Å²) >= 11 is 0. The van der Waals surface area contributed by atoms with Crippen LogP contribution in [0.2, 0.25) is 0 Å². The Morgan fingerprint density at radius 3 is 2.18 bits per heavy atom. The van der Waals surface area contributed by atoms with E-state index in [1.807, 2.05) is 26.8 Å². The molecule has 160 valence electrons. The highest BCUT2D eigenvalue weighted by Gasteiger charge is 2.35. The average molecular weight is 395 g/mol. The molecule has 0 saturated heterocycles. The zero-order valence-corrected chi connectivity index (χ0v) is 18.4. The van der Waals surface area contributed by atoms with E-state index in [9.17, 15) is 9.59 Å². The fourth-order valence-electron chi connectivity index (χ4n) is 3.56. The molecule has 0 aromatic carbocycles. The summed E-state index contributed by atoms with van der Waals surface area (Å²) in [6, 6.07) is 0. The van der Waals surface area contributed by atoms with Gasteiger partial charge < -0.3 is 14.2 Å². The third-order valence-corrected chi connectivity index (χ3v) is 5.15. The number of rotatable bonds is 14. The van der Waals surface area contributed by atoms with Crippen molar-refractivity contribution in [3.05, 3.63) is 37.5 Å². The lowest BCUT2D eigenvalue weighted by molar-refractivity contribution is -0.159. The van der Waals surface area contributed by atoms with Gasteiger partial charge in [-0.1, -0.05) is 45.6 Å². The third kappa shape index (κ3) is 8.87. The molecule has 0 unspecified atom stereocenters. The molecule has 0 aliphatic carbocycles. The van der Waals surface area contributed by atoms with Crippen LogP contribution in [0.25, 0.3) is 0 Å². The molecule has 0 aliphatic rings. The van der Waals surface area contributed by atoms with Crippen LogP contribution in [-0.2, 0) is 23.8 Å². The summed E-state index contributed by atoms with van der Waals surface area (Å²) in [5, 5.41) is 0. The molecule has 0 heterocycles. The summed E-state index contributed by atoms with van der Waals surface area (Å²) in [4.78, 5) is 23.6. The van der Waals surface area contributed by atoms with Crippen molar-refractivity contribution in [3.63, 3.8) is 0 Å². The Morgan fingerprint density at radius 1 is 1.11 bits per heavy atom. The first-order valence-electron chi connectivity index (χ1n) is 10.0. The zero-order chi connectivity index (χ0) is 21.7. The molecule has 5 heteroatoms. The standard InChI is InChI=1S/C23H38O5/c1-9-13-14-16(5)23(26-8)17(6)20(27-18(7)24)15-21(19(10-2)11-3)28-22(25)12-4/h9-10,12-13,16-17,19-21,23H,2,4,11,14-15H2,1,3,5-8H3/b13-9+/t16-,17-,19-,20+,21+,23+/m0/s1. The van der Waals surface area contributed by atoms with Crippen molar-refractivity contribution in [1.82, 2.24) is 0 Å². The largest absolute Gasteiger partial charge is 0.462 e. The molecule has 0 spiro atoms. The first-order chi connectivity index (χ1) is 13.2. The lowest BCUT2D eigenvalue weighted by Gasteiger charge is -2.35. The van der Waals surface area contributed by atoms with Crippen LogP contribution < -0.4 is 0 Å². The molecule has 0 fully saturated rings. The molecule has 28 heavy (non-hydrogen) atoms. The van der Waals surface area contributed by atoms with Crippen LogP contribution in [0.5, 0.6) is 0 Å². The average Bonchev–Trinajstić information content (AvgIpc) is 2.66. The van der Waals surface area contributed by atoms with E-state index in [4.69, 9.17) is 14.2 Å². The van der Waals surface area contributed by atoms with E-state index < -0.39 is 18.2 Å². The number of ether oxygens (including phenoxy) is 3. The molecular formula is C23H38O5. The quantitative estimate of drug-likeness (QED) is 0.239. The molecule has 0 aromatic heterocycles. The number of esters is 2. The van der Waals surface area contributed by atoms with Crippen molar-refractivity contribution < 1.29 is 23.8 Å². The van der Waals surface area contributed by atoms with Gasteiger partial charge in [0.2, 0.25) is 0 Å². The molecule has 6 atom stereocenters. The van der Waals surface area contributed by atoms with Crippen LogP contribution in [0.4, 0.5) is 0 Å². The monoisotopic (exact) mass is 394 g/mol. The number of hydrogen-bond donors (Lipinski definition) is 0. The smallest absolute Gasteiger partial charge is 0.330 e. The fraction of sp³-hybridized carbons (Fsp3) is 0.652. The molecule has 0 N–H and O–H groups in total. The molecule has 0 aromatic rings. The van der Waals surface area contributed by atoms with Crippen molar-refractivity contribution in [3.8, 4) is 0 Å². The van der Waals surface area contributed by atoms with E-state index in [2.05, 4.69) is 26.2 Å². The van der Waals surface area contributed by atoms with Gasteiger partial charge in [0.25, 0.3) is 0 Å². The Labute approximate surface area is 170 Å². The summed E-state index contributed by atoms with van der Waals surface area (Å²) in [7, 11) is 1.67.